The van der Waals surface area contributed by atoms with Gasteiger partial charge < -0.3 is 14.5 Å². The molecule has 2 aromatic heterocycles. The van der Waals surface area contributed by atoms with Crippen LogP contribution in [0.15, 0.2) is 83.7 Å². The Morgan fingerprint density at radius 1 is 0.939 bits per heavy atom. The van der Waals surface area contributed by atoms with Crippen molar-refractivity contribution in [1.29, 1.82) is 0 Å². The Bertz CT molecular complexity index is 1530. The summed E-state index contributed by atoms with van der Waals surface area (Å²) < 4.78 is 12.4. The third-order valence-corrected chi connectivity index (χ3v) is 5.69. The first kappa shape index (κ1) is 20.6. The minimum atomic E-state index is -0.484. The van der Waals surface area contributed by atoms with Gasteiger partial charge in [0.1, 0.15) is 11.3 Å². The van der Waals surface area contributed by atoms with Crippen molar-refractivity contribution in [3.63, 3.8) is 0 Å². The smallest absolute Gasteiger partial charge is 0.341 e. The number of carbonyl (C=O) groups is 1. The zero-order valence-electron chi connectivity index (χ0n) is 18.3. The van der Waals surface area contributed by atoms with Gasteiger partial charge >= 0.3 is 5.97 Å². The molecule has 33 heavy (non-hydrogen) atoms. The third-order valence-electron chi connectivity index (χ3n) is 5.69. The number of esters is 1. The van der Waals surface area contributed by atoms with Crippen LogP contribution in [0.1, 0.15) is 17.3 Å². The van der Waals surface area contributed by atoms with Gasteiger partial charge in [-0.1, -0.05) is 36.4 Å². The summed E-state index contributed by atoms with van der Waals surface area (Å²) in [4.78, 5) is 30.6. The SMILES string of the molecule is CCOC(=O)c1c(-c2ccc(OC)cc2)n(-c2ccccc2)c(=O)c2[nH]c3ccccc3c12. The molecule has 3 aromatic carbocycles. The molecular formula is C27H22N2O4. The number of para-hydroxylation sites is 2. The molecule has 0 aliphatic rings. The maximum atomic E-state index is 13.9. The van der Waals surface area contributed by atoms with Gasteiger partial charge in [-0.2, -0.15) is 0 Å². The van der Waals surface area contributed by atoms with E-state index < -0.39 is 5.97 Å². The molecule has 0 unspecified atom stereocenters. The highest BCUT2D eigenvalue weighted by Crippen LogP contribution is 2.35. The number of aromatic nitrogens is 2. The average molecular weight is 438 g/mol. The van der Waals surface area contributed by atoms with Crippen molar-refractivity contribution in [3.05, 3.63) is 94.8 Å². The lowest BCUT2D eigenvalue weighted by Gasteiger charge is -2.18. The van der Waals surface area contributed by atoms with Gasteiger partial charge in [0.25, 0.3) is 5.56 Å². The Labute approximate surface area is 190 Å². The number of H-pyrrole nitrogens is 1. The van der Waals surface area contributed by atoms with Crippen molar-refractivity contribution < 1.29 is 14.3 Å². The predicted octanol–water partition coefficient (Wildman–Crippen LogP) is 5.32. The molecule has 0 spiro atoms. The molecule has 5 aromatic rings. The number of methoxy groups -OCH3 is 1. The fourth-order valence-corrected chi connectivity index (χ4v) is 4.25. The van der Waals surface area contributed by atoms with Gasteiger partial charge in [0, 0.05) is 22.0 Å². The number of fused-ring (bicyclic) bond motifs is 3. The van der Waals surface area contributed by atoms with E-state index in [1.54, 1.807) is 18.6 Å². The molecule has 5 rings (SSSR count). The number of nitrogens with one attached hydrogen (secondary N) is 1. The lowest BCUT2D eigenvalue weighted by Crippen LogP contribution is -2.24. The molecule has 164 valence electrons. The summed E-state index contributed by atoms with van der Waals surface area (Å²) in [5.74, 6) is 0.195. The summed E-state index contributed by atoms with van der Waals surface area (Å²) in [5.41, 5.74) is 3.07. The van der Waals surface area contributed by atoms with Crippen LogP contribution in [0.4, 0.5) is 0 Å². The maximum absolute atomic E-state index is 13.9. The fourth-order valence-electron chi connectivity index (χ4n) is 4.25. The van der Waals surface area contributed by atoms with Crippen LogP contribution >= 0.6 is 0 Å². The summed E-state index contributed by atoms with van der Waals surface area (Å²) in [5, 5.41) is 1.36. The van der Waals surface area contributed by atoms with Crippen molar-refractivity contribution in [2.24, 2.45) is 0 Å². The van der Waals surface area contributed by atoms with Crippen molar-refractivity contribution in [2.45, 2.75) is 6.92 Å². The largest absolute Gasteiger partial charge is 0.497 e. The Balaban J connectivity index is 2.01. The quantitative estimate of drug-likeness (QED) is 0.377. The lowest BCUT2D eigenvalue weighted by atomic mass is 9.99. The van der Waals surface area contributed by atoms with Crippen LogP contribution in [-0.4, -0.2) is 29.2 Å². The first-order valence-corrected chi connectivity index (χ1v) is 10.7. The van der Waals surface area contributed by atoms with E-state index in [-0.39, 0.29) is 12.2 Å². The van der Waals surface area contributed by atoms with E-state index in [1.165, 1.54) is 0 Å². The fraction of sp³-hybridized carbons (Fsp3) is 0.111. The molecule has 0 amide bonds. The Morgan fingerprint density at radius 2 is 1.64 bits per heavy atom. The molecular weight excluding hydrogens is 416 g/mol. The Morgan fingerprint density at radius 3 is 2.33 bits per heavy atom. The normalized spacial score (nSPS) is 11.1. The van der Waals surface area contributed by atoms with Crippen LogP contribution in [0, 0.1) is 0 Å². The monoisotopic (exact) mass is 438 g/mol. The van der Waals surface area contributed by atoms with Crippen LogP contribution in [-0.2, 0) is 4.74 Å². The van der Waals surface area contributed by atoms with Gasteiger partial charge in [0.05, 0.1) is 25.0 Å². The second-order valence-corrected chi connectivity index (χ2v) is 7.57. The molecule has 0 bridgehead atoms. The van der Waals surface area contributed by atoms with E-state index in [2.05, 4.69) is 4.98 Å². The minimum Gasteiger partial charge on any atom is -0.497 e. The highest BCUT2D eigenvalue weighted by Gasteiger charge is 2.27. The van der Waals surface area contributed by atoms with Crippen LogP contribution in [0.25, 0.3) is 38.8 Å². The van der Waals surface area contributed by atoms with Gasteiger partial charge in [0.15, 0.2) is 0 Å². The molecule has 2 heterocycles. The van der Waals surface area contributed by atoms with Crippen molar-refractivity contribution >= 4 is 27.8 Å². The maximum Gasteiger partial charge on any atom is 0.341 e. The summed E-state index contributed by atoms with van der Waals surface area (Å²) in [7, 11) is 1.59. The Hall–Kier alpha value is -4.32. The molecule has 0 saturated carbocycles. The molecule has 1 N–H and O–H groups in total. The number of hydrogen-bond donors (Lipinski definition) is 1. The number of benzene rings is 3. The topological polar surface area (TPSA) is 73.3 Å². The van der Waals surface area contributed by atoms with E-state index in [4.69, 9.17) is 9.47 Å². The first-order valence-electron chi connectivity index (χ1n) is 10.7. The number of pyridine rings is 1. The highest BCUT2D eigenvalue weighted by atomic mass is 16.5. The van der Waals surface area contributed by atoms with Gasteiger partial charge in [-0.25, -0.2) is 4.79 Å². The molecule has 0 atom stereocenters. The molecule has 0 aliphatic carbocycles. The summed E-state index contributed by atoms with van der Waals surface area (Å²) in [6.07, 6.45) is 0. The molecule has 0 radical (unpaired) electrons. The summed E-state index contributed by atoms with van der Waals surface area (Å²) >= 11 is 0. The lowest BCUT2D eigenvalue weighted by molar-refractivity contribution is 0.0529. The van der Waals surface area contributed by atoms with E-state index in [0.29, 0.717) is 39.2 Å². The number of aromatic amines is 1. The number of carbonyl (C=O) groups excluding carboxylic acids is 1. The zero-order valence-corrected chi connectivity index (χ0v) is 18.3. The predicted molar refractivity (Wildman–Crippen MR) is 129 cm³/mol. The van der Waals surface area contributed by atoms with Gasteiger partial charge in [-0.05, 0) is 55.0 Å². The van der Waals surface area contributed by atoms with E-state index in [1.807, 2.05) is 78.9 Å². The van der Waals surface area contributed by atoms with Gasteiger partial charge in [-0.15, -0.1) is 0 Å². The van der Waals surface area contributed by atoms with Gasteiger partial charge in [-0.3, -0.25) is 9.36 Å². The van der Waals surface area contributed by atoms with E-state index in [9.17, 15) is 9.59 Å². The average Bonchev–Trinajstić information content (AvgIpc) is 3.24. The number of rotatable bonds is 5. The molecule has 0 saturated heterocycles. The molecule has 0 aliphatic heterocycles. The second-order valence-electron chi connectivity index (χ2n) is 7.57. The van der Waals surface area contributed by atoms with Crippen molar-refractivity contribution in [1.82, 2.24) is 9.55 Å². The van der Waals surface area contributed by atoms with E-state index in [0.717, 1.165) is 10.9 Å². The Kier molecular flexibility index (Phi) is 5.18. The van der Waals surface area contributed by atoms with Gasteiger partial charge in [0.2, 0.25) is 0 Å². The molecule has 6 nitrogen and oxygen atoms in total. The molecule has 6 heteroatoms. The van der Waals surface area contributed by atoms with Crippen molar-refractivity contribution in [2.75, 3.05) is 13.7 Å². The summed E-state index contributed by atoms with van der Waals surface area (Å²) in [6, 6.07) is 24.2. The second kappa shape index (κ2) is 8.31. The molecule has 0 fully saturated rings. The third kappa shape index (κ3) is 3.36. The number of nitrogens with zero attached hydrogens (tertiary/aromatic N) is 1. The number of hydrogen-bond acceptors (Lipinski definition) is 4. The summed E-state index contributed by atoms with van der Waals surface area (Å²) in [6.45, 7) is 1.99. The first-order chi connectivity index (χ1) is 16.1. The standard InChI is InChI=1S/C27H22N2O4/c1-3-33-27(31)23-22-20-11-7-8-12-21(20)28-24(22)26(30)29(18-9-5-4-6-10-18)25(23)17-13-15-19(32-2)16-14-17/h4-16,28H,3H2,1-2H3. The number of ether oxygens (including phenoxy) is 2. The van der Waals surface area contributed by atoms with Crippen LogP contribution in [0.2, 0.25) is 0 Å². The van der Waals surface area contributed by atoms with Crippen LogP contribution < -0.4 is 10.3 Å². The van der Waals surface area contributed by atoms with Crippen LogP contribution in [0.3, 0.4) is 0 Å². The van der Waals surface area contributed by atoms with Crippen LogP contribution in [0.5, 0.6) is 5.75 Å². The zero-order chi connectivity index (χ0) is 22.9. The highest BCUT2D eigenvalue weighted by molar-refractivity contribution is 6.19. The minimum absolute atomic E-state index is 0.217. The van der Waals surface area contributed by atoms with E-state index >= 15 is 0 Å². The van der Waals surface area contributed by atoms with Crippen molar-refractivity contribution in [3.8, 4) is 22.7 Å².